The van der Waals surface area contributed by atoms with E-state index in [1.807, 2.05) is 0 Å². The van der Waals surface area contributed by atoms with Crippen LogP contribution < -0.4 is 4.74 Å². The van der Waals surface area contributed by atoms with Crippen LogP contribution in [0.3, 0.4) is 0 Å². The first-order valence-electron chi connectivity index (χ1n) is 3.23. The van der Waals surface area contributed by atoms with Crippen molar-refractivity contribution in [3.63, 3.8) is 0 Å². The molecule has 1 aromatic rings. The topological polar surface area (TPSA) is 29.5 Å². The van der Waals surface area contributed by atoms with E-state index in [9.17, 15) is 13.2 Å². The molecule has 0 aromatic heterocycles. The second kappa shape index (κ2) is 3.74. The number of ether oxygens (including phenoxy) is 1. The van der Waals surface area contributed by atoms with Crippen molar-refractivity contribution in [3.05, 3.63) is 22.2 Å². The standard InChI is InChI=1S/C7H3Cl2F3O2/c8-4-1-3(13)2-5(6(4)9)14-7(10,11)12/h1-2,13H. The summed E-state index contributed by atoms with van der Waals surface area (Å²) in [7, 11) is 0. The van der Waals surface area contributed by atoms with Gasteiger partial charge < -0.3 is 9.84 Å². The Kier molecular flexibility index (Phi) is 3.01. The summed E-state index contributed by atoms with van der Waals surface area (Å²) in [4.78, 5) is 0. The van der Waals surface area contributed by atoms with Crippen LogP contribution in [0.4, 0.5) is 13.2 Å². The molecule has 0 bridgehead atoms. The molecule has 2 nitrogen and oxygen atoms in total. The van der Waals surface area contributed by atoms with Gasteiger partial charge in [-0.1, -0.05) is 23.2 Å². The van der Waals surface area contributed by atoms with Crippen molar-refractivity contribution >= 4 is 23.2 Å². The Bertz CT molecular complexity index is 352. The predicted octanol–water partition coefficient (Wildman–Crippen LogP) is 3.60. The van der Waals surface area contributed by atoms with Crippen LogP contribution in [0.2, 0.25) is 10.0 Å². The summed E-state index contributed by atoms with van der Waals surface area (Å²) in [6.45, 7) is 0. The molecular weight excluding hydrogens is 244 g/mol. The molecule has 0 saturated heterocycles. The van der Waals surface area contributed by atoms with Crippen molar-refractivity contribution in [2.75, 3.05) is 0 Å². The summed E-state index contributed by atoms with van der Waals surface area (Å²) in [5, 5.41) is 8.31. The van der Waals surface area contributed by atoms with Crippen LogP contribution >= 0.6 is 23.2 Å². The Balaban J connectivity index is 3.09. The number of rotatable bonds is 1. The van der Waals surface area contributed by atoms with Gasteiger partial charge in [0.2, 0.25) is 0 Å². The van der Waals surface area contributed by atoms with Gasteiger partial charge in [-0.15, -0.1) is 13.2 Å². The molecule has 0 unspecified atom stereocenters. The van der Waals surface area contributed by atoms with Gasteiger partial charge in [-0.3, -0.25) is 0 Å². The Labute approximate surface area is 86.8 Å². The third-order valence-electron chi connectivity index (χ3n) is 1.21. The third kappa shape index (κ3) is 2.85. The van der Waals surface area contributed by atoms with E-state index < -0.39 is 22.9 Å². The summed E-state index contributed by atoms with van der Waals surface area (Å²) in [5.74, 6) is -1.19. The van der Waals surface area contributed by atoms with Gasteiger partial charge in [0.15, 0.2) is 5.75 Å². The fourth-order valence-electron chi connectivity index (χ4n) is 0.749. The molecule has 0 aliphatic carbocycles. The number of phenols is 1. The van der Waals surface area contributed by atoms with Gasteiger partial charge in [0, 0.05) is 12.1 Å². The lowest BCUT2D eigenvalue weighted by atomic mass is 10.3. The first kappa shape index (κ1) is 11.3. The van der Waals surface area contributed by atoms with Gasteiger partial charge in [-0.25, -0.2) is 0 Å². The van der Waals surface area contributed by atoms with E-state index in [-0.39, 0.29) is 5.02 Å². The minimum atomic E-state index is -4.87. The van der Waals surface area contributed by atoms with Crippen LogP contribution in [0, 0.1) is 0 Å². The highest BCUT2D eigenvalue weighted by Gasteiger charge is 2.32. The zero-order valence-corrected chi connectivity index (χ0v) is 7.91. The highest BCUT2D eigenvalue weighted by Crippen LogP contribution is 2.38. The van der Waals surface area contributed by atoms with E-state index >= 15 is 0 Å². The fraction of sp³-hybridized carbons (Fsp3) is 0.143. The Morgan fingerprint density at radius 3 is 2.29 bits per heavy atom. The number of hydrogen-bond acceptors (Lipinski definition) is 2. The Morgan fingerprint density at radius 1 is 1.21 bits per heavy atom. The quantitative estimate of drug-likeness (QED) is 0.821. The third-order valence-corrected chi connectivity index (χ3v) is 1.99. The van der Waals surface area contributed by atoms with Crippen LogP contribution in [-0.4, -0.2) is 11.5 Å². The lowest BCUT2D eigenvalue weighted by Crippen LogP contribution is -2.17. The first-order chi connectivity index (χ1) is 6.29. The van der Waals surface area contributed by atoms with Gasteiger partial charge in [-0.2, -0.15) is 0 Å². The molecule has 1 aromatic carbocycles. The van der Waals surface area contributed by atoms with Crippen LogP contribution in [0.25, 0.3) is 0 Å². The number of aromatic hydroxyl groups is 1. The van der Waals surface area contributed by atoms with Gasteiger partial charge in [-0.05, 0) is 0 Å². The van der Waals surface area contributed by atoms with Crippen molar-refractivity contribution in [1.82, 2.24) is 0 Å². The van der Waals surface area contributed by atoms with E-state index in [0.29, 0.717) is 0 Å². The minimum Gasteiger partial charge on any atom is -0.508 e. The summed E-state index contributed by atoms with van der Waals surface area (Å²) < 4.78 is 38.9. The van der Waals surface area contributed by atoms with Crippen molar-refractivity contribution in [2.24, 2.45) is 0 Å². The van der Waals surface area contributed by atoms with Gasteiger partial charge >= 0.3 is 6.36 Å². The molecule has 0 atom stereocenters. The maximum Gasteiger partial charge on any atom is 0.573 e. The Hall–Kier alpha value is -0.810. The van der Waals surface area contributed by atoms with Gasteiger partial charge in [0.1, 0.15) is 10.8 Å². The number of halogens is 5. The first-order valence-corrected chi connectivity index (χ1v) is 3.99. The van der Waals surface area contributed by atoms with E-state index in [0.717, 1.165) is 12.1 Å². The molecule has 0 fully saturated rings. The summed E-state index contributed by atoms with van der Waals surface area (Å²) in [6.07, 6.45) is -4.87. The summed E-state index contributed by atoms with van der Waals surface area (Å²) in [5.41, 5.74) is 0. The van der Waals surface area contributed by atoms with E-state index in [1.165, 1.54) is 0 Å². The maximum atomic E-state index is 11.8. The number of hydrogen-bond donors (Lipinski definition) is 1. The lowest BCUT2D eigenvalue weighted by Gasteiger charge is -2.11. The fourth-order valence-corrected chi connectivity index (χ4v) is 1.10. The molecule has 0 saturated carbocycles. The summed E-state index contributed by atoms with van der Waals surface area (Å²) in [6, 6.07) is 1.73. The van der Waals surface area contributed by atoms with Crippen LogP contribution in [0.5, 0.6) is 11.5 Å². The predicted molar refractivity (Wildman–Crippen MR) is 44.8 cm³/mol. The zero-order valence-electron chi connectivity index (χ0n) is 6.40. The molecule has 1 N–H and O–H groups in total. The molecule has 0 aliphatic heterocycles. The van der Waals surface area contributed by atoms with E-state index in [1.54, 1.807) is 0 Å². The molecule has 0 amide bonds. The second-order valence-electron chi connectivity index (χ2n) is 2.29. The molecule has 7 heteroatoms. The van der Waals surface area contributed by atoms with Gasteiger partial charge in [0.05, 0.1) is 5.02 Å². The maximum absolute atomic E-state index is 11.8. The smallest absolute Gasteiger partial charge is 0.508 e. The van der Waals surface area contributed by atoms with E-state index in [4.69, 9.17) is 28.3 Å². The number of phenolic OH excluding ortho intramolecular Hbond substituents is 1. The number of alkyl halides is 3. The molecule has 1 rings (SSSR count). The average molecular weight is 247 g/mol. The van der Waals surface area contributed by atoms with Crippen molar-refractivity contribution < 1.29 is 23.0 Å². The number of benzene rings is 1. The molecular formula is C7H3Cl2F3O2. The second-order valence-corrected chi connectivity index (χ2v) is 3.07. The van der Waals surface area contributed by atoms with E-state index in [2.05, 4.69) is 4.74 Å². The van der Waals surface area contributed by atoms with Crippen LogP contribution in [0.15, 0.2) is 12.1 Å². The molecule has 0 aliphatic rings. The van der Waals surface area contributed by atoms with Crippen molar-refractivity contribution in [2.45, 2.75) is 6.36 Å². The molecule has 14 heavy (non-hydrogen) atoms. The minimum absolute atomic E-state index is 0.217. The SMILES string of the molecule is Oc1cc(Cl)c(Cl)c(OC(F)(F)F)c1. The molecule has 78 valence electrons. The molecule has 0 spiro atoms. The monoisotopic (exact) mass is 246 g/mol. The van der Waals surface area contributed by atoms with Crippen molar-refractivity contribution in [1.29, 1.82) is 0 Å². The highest BCUT2D eigenvalue weighted by molar-refractivity contribution is 6.43. The van der Waals surface area contributed by atoms with Gasteiger partial charge in [0.25, 0.3) is 0 Å². The van der Waals surface area contributed by atoms with Crippen LogP contribution in [0.1, 0.15) is 0 Å². The highest BCUT2D eigenvalue weighted by atomic mass is 35.5. The van der Waals surface area contributed by atoms with Crippen molar-refractivity contribution in [3.8, 4) is 11.5 Å². The lowest BCUT2D eigenvalue weighted by molar-refractivity contribution is -0.274. The molecule has 0 radical (unpaired) electrons. The Morgan fingerprint density at radius 2 is 1.79 bits per heavy atom. The van der Waals surface area contributed by atoms with Crippen LogP contribution in [-0.2, 0) is 0 Å². The zero-order chi connectivity index (χ0) is 10.9. The summed E-state index contributed by atoms with van der Waals surface area (Å²) >= 11 is 10.8. The largest absolute Gasteiger partial charge is 0.573 e. The average Bonchev–Trinajstić information content (AvgIpc) is 1.96. The normalized spacial score (nSPS) is 11.5. The molecule has 0 heterocycles.